The molecule has 0 bridgehead atoms. The molecule has 7 nitrogen and oxygen atoms in total. The summed E-state index contributed by atoms with van der Waals surface area (Å²) in [7, 11) is 1.55. The fraction of sp³-hybridized carbons (Fsp3) is 0.333. The molecule has 0 atom stereocenters. The highest BCUT2D eigenvalue weighted by molar-refractivity contribution is 5.94. The molecular weight excluding hydrogens is 208 g/mol. The Morgan fingerprint density at radius 2 is 2.00 bits per heavy atom. The molecule has 3 N–H and O–H groups in total. The van der Waals surface area contributed by atoms with Gasteiger partial charge in [-0.2, -0.15) is 9.61 Å². The van der Waals surface area contributed by atoms with E-state index in [2.05, 4.69) is 20.6 Å². The molecule has 0 fully saturated rings. The third-order valence-corrected chi connectivity index (χ3v) is 2.56. The number of fused-ring (bicyclic) bond motifs is 1. The summed E-state index contributed by atoms with van der Waals surface area (Å²) in [5, 5.41) is 14.3. The highest BCUT2D eigenvalue weighted by atomic mass is 16.1. The van der Waals surface area contributed by atoms with Crippen molar-refractivity contribution < 1.29 is 4.79 Å². The molecule has 2 heterocycles. The maximum absolute atomic E-state index is 11.6. The zero-order chi connectivity index (χ0) is 11.9. The number of aryl methyl sites for hydroxylation is 1. The number of carbonyl (C=O) groups excluding carboxylic acids is 1. The fourth-order valence-electron chi connectivity index (χ4n) is 1.48. The molecule has 84 valence electrons. The number of anilines is 1. The minimum absolute atomic E-state index is 0.170. The van der Waals surface area contributed by atoms with Crippen molar-refractivity contribution in [3.63, 3.8) is 0 Å². The summed E-state index contributed by atoms with van der Waals surface area (Å²) >= 11 is 0. The Morgan fingerprint density at radius 3 is 2.62 bits per heavy atom. The number of amides is 1. The highest BCUT2D eigenvalue weighted by Crippen LogP contribution is 2.16. The quantitative estimate of drug-likeness (QED) is 0.686. The van der Waals surface area contributed by atoms with Gasteiger partial charge < -0.3 is 11.1 Å². The Labute approximate surface area is 91.7 Å². The third-order valence-electron chi connectivity index (χ3n) is 2.56. The molecule has 0 radical (unpaired) electrons. The lowest BCUT2D eigenvalue weighted by Gasteiger charge is -2.07. The minimum atomic E-state index is -0.254. The molecule has 0 spiro atoms. The van der Waals surface area contributed by atoms with E-state index in [1.165, 1.54) is 4.52 Å². The predicted octanol–water partition coefficient (Wildman–Crippen LogP) is -0.317. The molecule has 2 aromatic heterocycles. The first-order valence-corrected chi connectivity index (χ1v) is 4.76. The van der Waals surface area contributed by atoms with Crippen molar-refractivity contribution in [2.75, 3.05) is 12.8 Å². The van der Waals surface area contributed by atoms with E-state index >= 15 is 0 Å². The first-order chi connectivity index (χ1) is 7.56. The molecular formula is C9H12N6O. The maximum atomic E-state index is 11.6. The Bertz CT molecular complexity index is 573. The molecule has 0 aliphatic carbocycles. The fourth-order valence-corrected chi connectivity index (χ4v) is 1.48. The van der Waals surface area contributed by atoms with Crippen LogP contribution < -0.4 is 11.1 Å². The van der Waals surface area contributed by atoms with Crippen LogP contribution in [0.4, 0.5) is 5.95 Å². The van der Waals surface area contributed by atoms with Gasteiger partial charge in [-0.05, 0) is 19.4 Å². The molecule has 2 rings (SSSR count). The van der Waals surface area contributed by atoms with Gasteiger partial charge in [0.15, 0.2) is 11.3 Å². The van der Waals surface area contributed by atoms with Crippen LogP contribution in [0.15, 0.2) is 0 Å². The normalized spacial score (nSPS) is 10.7. The second-order valence-electron chi connectivity index (χ2n) is 3.47. The van der Waals surface area contributed by atoms with Crippen LogP contribution in [0.2, 0.25) is 0 Å². The topological polar surface area (TPSA) is 98.2 Å². The summed E-state index contributed by atoms with van der Waals surface area (Å²) in [4.78, 5) is 11.6. The van der Waals surface area contributed by atoms with Gasteiger partial charge in [0.05, 0.1) is 0 Å². The van der Waals surface area contributed by atoms with E-state index in [1.807, 2.05) is 13.8 Å². The van der Waals surface area contributed by atoms with Gasteiger partial charge in [-0.25, -0.2) is 0 Å². The average molecular weight is 220 g/mol. The SMILES string of the molecule is CNC(=O)c1nn2c(N)nnc2c(C)c1C. The Balaban J connectivity index is 2.81. The smallest absolute Gasteiger partial charge is 0.271 e. The van der Waals surface area contributed by atoms with Crippen LogP contribution in [0.1, 0.15) is 21.6 Å². The molecule has 0 aliphatic heterocycles. The summed E-state index contributed by atoms with van der Waals surface area (Å²) in [5.41, 5.74) is 8.13. The van der Waals surface area contributed by atoms with Crippen LogP contribution in [0.5, 0.6) is 0 Å². The van der Waals surface area contributed by atoms with E-state index < -0.39 is 0 Å². The van der Waals surface area contributed by atoms with Gasteiger partial charge in [-0.15, -0.1) is 10.2 Å². The van der Waals surface area contributed by atoms with E-state index in [9.17, 15) is 4.79 Å². The zero-order valence-electron chi connectivity index (χ0n) is 9.27. The number of rotatable bonds is 1. The van der Waals surface area contributed by atoms with Crippen molar-refractivity contribution in [2.24, 2.45) is 0 Å². The number of hydrogen-bond acceptors (Lipinski definition) is 5. The van der Waals surface area contributed by atoms with Gasteiger partial charge in [0.2, 0.25) is 5.95 Å². The van der Waals surface area contributed by atoms with E-state index in [0.717, 1.165) is 11.1 Å². The number of hydrogen-bond donors (Lipinski definition) is 2. The minimum Gasteiger partial charge on any atom is -0.366 e. The Kier molecular flexibility index (Phi) is 2.22. The van der Waals surface area contributed by atoms with Crippen molar-refractivity contribution in [3.05, 3.63) is 16.8 Å². The molecule has 7 heteroatoms. The number of nitrogens with one attached hydrogen (secondary N) is 1. The molecule has 0 saturated carbocycles. The Morgan fingerprint density at radius 1 is 1.31 bits per heavy atom. The van der Waals surface area contributed by atoms with Gasteiger partial charge in [0, 0.05) is 12.6 Å². The lowest BCUT2D eigenvalue weighted by Crippen LogP contribution is -2.22. The Hall–Kier alpha value is -2.18. The monoisotopic (exact) mass is 220 g/mol. The van der Waals surface area contributed by atoms with Crippen LogP contribution in [0.3, 0.4) is 0 Å². The maximum Gasteiger partial charge on any atom is 0.271 e. The number of nitrogen functional groups attached to an aromatic ring is 1. The van der Waals surface area contributed by atoms with Crippen LogP contribution in [0, 0.1) is 13.8 Å². The van der Waals surface area contributed by atoms with Crippen molar-refractivity contribution >= 4 is 17.5 Å². The van der Waals surface area contributed by atoms with Crippen molar-refractivity contribution in [1.82, 2.24) is 25.1 Å². The summed E-state index contributed by atoms with van der Waals surface area (Å²) in [6.45, 7) is 3.67. The van der Waals surface area contributed by atoms with Crippen LogP contribution in [-0.2, 0) is 0 Å². The number of nitrogens with zero attached hydrogens (tertiary/aromatic N) is 4. The summed E-state index contributed by atoms with van der Waals surface area (Å²) in [6, 6.07) is 0. The average Bonchev–Trinajstić information content (AvgIpc) is 2.64. The van der Waals surface area contributed by atoms with E-state index in [-0.39, 0.29) is 11.9 Å². The van der Waals surface area contributed by atoms with E-state index in [1.54, 1.807) is 7.05 Å². The number of aromatic nitrogens is 4. The molecule has 0 aliphatic rings. The van der Waals surface area contributed by atoms with Crippen LogP contribution >= 0.6 is 0 Å². The van der Waals surface area contributed by atoms with Crippen LogP contribution in [-0.4, -0.2) is 32.8 Å². The van der Waals surface area contributed by atoms with Crippen molar-refractivity contribution in [1.29, 1.82) is 0 Å². The van der Waals surface area contributed by atoms with Gasteiger partial charge in [0.1, 0.15) is 0 Å². The standard InChI is InChI=1S/C9H12N6O/c1-4-5(2)7-12-13-9(10)15(7)14-6(4)8(16)11-3/h1-3H3,(H2,10,13)(H,11,16). The number of nitrogens with two attached hydrogens (primary N) is 1. The van der Waals surface area contributed by atoms with Gasteiger partial charge in [0.25, 0.3) is 5.91 Å². The molecule has 0 saturated heterocycles. The summed E-state index contributed by atoms with van der Waals surface area (Å²) in [5.74, 6) is -0.0844. The predicted molar refractivity (Wildman–Crippen MR) is 58.1 cm³/mol. The molecule has 0 aromatic carbocycles. The van der Waals surface area contributed by atoms with Crippen LogP contribution in [0.25, 0.3) is 5.65 Å². The second-order valence-corrected chi connectivity index (χ2v) is 3.47. The lowest BCUT2D eigenvalue weighted by atomic mass is 10.1. The molecule has 1 amide bonds. The third kappa shape index (κ3) is 1.28. The largest absolute Gasteiger partial charge is 0.366 e. The van der Waals surface area contributed by atoms with Crippen molar-refractivity contribution in [2.45, 2.75) is 13.8 Å². The van der Waals surface area contributed by atoms with Gasteiger partial charge in [-0.3, -0.25) is 4.79 Å². The summed E-state index contributed by atoms with van der Waals surface area (Å²) < 4.78 is 1.37. The van der Waals surface area contributed by atoms with E-state index in [0.29, 0.717) is 11.3 Å². The molecule has 16 heavy (non-hydrogen) atoms. The zero-order valence-corrected chi connectivity index (χ0v) is 9.27. The first kappa shape index (κ1) is 10.3. The van der Waals surface area contributed by atoms with E-state index in [4.69, 9.17) is 5.73 Å². The van der Waals surface area contributed by atoms with Gasteiger partial charge >= 0.3 is 0 Å². The molecule has 2 aromatic rings. The second kappa shape index (κ2) is 3.44. The summed E-state index contributed by atoms with van der Waals surface area (Å²) in [6.07, 6.45) is 0. The van der Waals surface area contributed by atoms with Crippen molar-refractivity contribution in [3.8, 4) is 0 Å². The molecule has 0 unspecified atom stereocenters. The van der Waals surface area contributed by atoms with Gasteiger partial charge in [-0.1, -0.05) is 0 Å². The lowest BCUT2D eigenvalue weighted by molar-refractivity contribution is 0.0956. The highest BCUT2D eigenvalue weighted by Gasteiger charge is 2.16. The first-order valence-electron chi connectivity index (χ1n) is 4.76. The number of carbonyl (C=O) groups is 1.